The van der Waals surface area contributed by atoms with E-state index in [4.69, 9.17) is 14.3 Å². The van der Waals surface area contributed by atoms with Crippen LogP contribution in [0.2, 0.25) is 0 Å². The number of rotatable bonds is 12. The van der Waals surface area contributed by atoms with E-state index < -0.39 is 11.8 Å². The predicted octanol–water partition coefficient (Wildman–Crippen LogP) is 4.38. The van der Waals surface area contributed by atoms with Gasteiger partial charge in [-0.3, -0.25) is 24.1 Å². The molecule has 0 N–H and O–H groups in total. The Labute approximate surface area is 237 Å². The maximum atomic E-state index is 12.7. The fraction of sp³-hybridized carbons (Fsp3) is 0.483. The van der Waals surface area contributed by atoms with Gasteiger partial charge in [0.1, 0.15) is 11.8 Å². The van der Waals surface area contributed by atoms with Gasteiger partial charge in [-0.05, 0) is 75.0 Å². The molecule has 205 valence electrons. The molecule has 2 aromatic carbocycles. The van der Waals surface area contributed by atoms with Crippen LogP contribution < -0.4 is 4.74 Å². The zero-order valence-electron chi connectivity index (χ0n) is 23.3. The molecule has 2 unspecified atom stereocenters. The number of ether oxygens (including phenoxy) is 2. The second-order valence-corrected chi connectivity index (χ2v) is 10.7. The van der Waals surface area contributed by atoms with Crippen molar-refractivity contribution in [2.45, 2.75) is 52.7 Å². The first kappa shape index (κ1) is 31.6. The number of imide groups is 1. The first-order chi connectivity index (χ1) is 17.4. The second kappa shape index (κ2) is 13.4. The number of hydrogen-bond acceptors (Lipinski definition) is 7. The SMILES string of the molecule is COC(=O)[C@H](Cc1ccc(OCC(C)CC(C)(C)C(C)ON2C(=O)c3ccccc3C2=O)cc1)N(C)C.[V]. The number of esters is 1. The molecule has 2 aromatic rings. The maximum absolute atomic E-state index is 12.7. The van der Waals surface area contributed by atoms with Crippen LogP contribution in [0.3, 0.4) is 0 Å². The monoisotopic (exact) mass is 561 g/mol. The van der Waals surface area contributed by atoms with E-state index in [9.17, 15) is 14.4 Å². The Morgan fingerprint density at radius 2 is 1.53 bits per heavy atom. The molecule has 3 atom stereocenters. The summed E-state index contributed by atoms with van der Waals surface area (Å²) in [4.78, 5) is 45.0. The Hall–Kier alpha value is -2.65. The largest absolute Gasteiger partial charge is 0.493 e. The first-order valence-electron chi connectivity index (χ1n) is 12.5. The summed E-state index contributed by atoms with van der Waals surface area (Å²) in [6, 6.07) is 14.1. The van der Waals surface area contributed by atoms with Crippen LogP contribution >= 0.6 is 0 Å². The van der Waals surface area contributed by atoms with Crippen molar-refractivity contribution in [3.63, 3.8) is 0 Å². The van der Waals surface area contributed by atoms with Crippen LogP contribution in [0.5, 0.6) is 5.75 Å². The number of hydrogen-bond donors (Lipinski definition) is 0. The summed E-state index contributed by atoms with van der Waals surface area (Å²) in [5.74, 6) is -0.162. The van der Waals surface area contributed by atoms with Crippen LogP contribution in [0.25, 0.3) is 0 Å². The Bertz CT molecular complexity index is 1080. The molecule has 0 aliphatic carbocycles. The number of likely N-dealkylation sites (N-methyl/N-ethyl adjacent to an activating group) is 1. The van der Waals surface area contributed by atoms with Crippen molar-refractivity contribution in [1.29, 1.82) is 0 Å². The summed E-state index contributed by atoms with van der Waals surface area (Å²) in [6.07, 6.45) is 0.935. The van der Waals surface area contributed by atoms with Gasteiger partial charge in [0, 0.05) is 18.6 Å². The van der Waals surface area contributed by atoms with E-state index in [1.54, 1.807) is 24.3 Å². The average Bonchev–Trinajstić information content (AvgIpc) is 3.10. The predicted molar refractivity (Wildman–Crippen MR) is 140 cm³/mol. The van der Waals surface area contributed by atoms with E-state index in [1.807, 2.05) is 50.2 Å². The molecule has 2 amide bonds. The first-order valence-corrected chi connectivity index (χ1v) is 12.5. The number of amides is 2. The molecule has 0 bridgehead atoms. The third kappa shape index (κ3) is 7.47. The summed E-state index contributed by atoms with van der Waals surface area (Å²) in [7, 11) is 5.11. The molecule has 0 aromatic heterocycles. The van der Waals surface area contributed by atoms with Gasteiger partial charge in [-0.15, -0.1) is 5.06 Å². The maximum Gasteiger partial charge on any atom is 0.323 e. The number of nitrogens with zero attached hydrogens (tertiary/aromatic N) is 2. The van der Waals surface area contributed by atoms with E-state index in [-0.39, 0.29) is 48.0 Å². The van der Waals surface area contributed by atoms with Gasteiger partial charge in [-0.25, -0.2) is 0 Å². The molecule has 1 heterocycles. The van der Waals surface area contributed by atoms with Gasteiger partial charge in [-0.1, -0.05) is 45.0 Å². The molecule has 1 radical (unpaired) electrons. The third-order valence-corrected chi connectivity index (χ3v) is 6.98. The Morgan fingerprint density at radius 3 is 2.03 bits per heavy atom. The van der Waals surface area contributed by atoms with Crippen LogP contribution in [0.4, 0.5) is 0 Å². The van der Waals surface area contributed by atoms with Gasteiger partial charge >= 0.3 is 5.97 Å². The van der Waals surface area contributed by atoms with Crippen molar-refractivity contribution in [1.82, 2.24) is 9.96 Å². The molecule has 3 rings (SSSR count). The minimum Gasteiger partial charge on any atom is -0.493 e. The van der Waals surface area contributed by atoms with Gasteiger partial charge in [0.05, 0.1) is 30.9 Å². The average molecular weight is 562 g/mol. The smallest absolute Gasteiger partial charge is 0.323 e. The van der Waals surface area contributed by atoms with E-state index in [0.717, 1.165) is 22.8 Å². The van der Waals surface area contributed by atoms with Crippen LogP contribution in [0.1, 0.15) is 60.4 Å². The second-order valence-electron chi connectivity index (χ2n) is 10.7. The van der Waals surface area contributed by atoms with Crippen LogP contribution in [-0.4, -0.2) is 67.7 Å². The van der Waals surface area contributed by atoms with Crippen LogP contribution in [0.15, 0.2) is 48.5 Å². The van der Waals surface area contributed by atoms with Crippen molar-refractivity contribution in [2.24, 2.45) is 11.3 Å². The molecule has 9 heteroatoms. The number of fused-ring (bicyclic) bond motifs is 1. The Kier molecular flexibility index (Phi) is 11.2. The van der Waals surface area contributed by atoms with Gasteiger partial charge < -0.3 is 9.47 Å². The summed E-state index contributed by atoms with van der Waals surface area (Å²) < 4.78 is 10.9. The topological polar surface area (TPSA) is 85.4 Å². The van der Waals surface area contributed by atoms with Crippen molar-refractivity contribution in [3.8, 4) is 5.75 Å². The molecule has 1 aliphatic rings. The van der Waals surface area contributed by atoms with Gasteiger partial charge in [0.15, 0.2) is 0 Å². The number of carbonyl (C=O) groups is 3. The summed E-state index contributed by atoms with van der Waals surface area (Å²) in [5, 5.41) is 0.890. The van der Waals surface area contributed by atoms with Crippen molar-refractivity contribution in [2.75, 3.05) is 27.8 Å². The molecule has 38 heavy (non-hydrogen) atoms. The summed E-state index contributed by atoms with van der Waals surface area (Å²) >= 11 is 0. The molecule has 0 fully saturated rings. The number of hydroxylamine groups is 2. The van der Waals surface area contributed by atoms with Gasteiger partial charge in [-0.2, -0.15) is 0 Å². The minimum absolute atomic E-state index is 0. The fourth-order valence-corrected chi connectivity index (χ4v) is 4.48. The van der Waals surface area contributed by atoms with Crippen LogP contribution in [-0.2, 0) is 39.3 Å². The fourth-order valence-electron chi connectivity index (χ4n) is 4.48. The molecule has 1 aliphatic heterocycles. The van der Waals surface area contributed by atoms with E-state index >= 15 is 0 Å². The molecule has 0 spiro atoms. The van der Waals surface area contributed by atoms with E-state index in [2.05, 4.69) is 20.8 Å². The summed E-state index contributed by atoms with van der Waals surface area (Å²) in [6.45, 7) is 8.60. The zero-order valence-corrected chi connectivity index (χ0v) is 24.7. The molecule has 0 saturated heterocycles. The standard InChI is InChI=1S/C29H38N2O6.V/c1-19(18-36-22-14-12-21(13-15-22)16-25(30(5)6)28(34)35-7)17-29(3,4)20(2)37-31-26(32)23-10-8-9-11-24(23)27(31)33;/h8-15,19-20,25H,16-18H2,1-7H3;/t19?,20?,25-;/m0./s1. The number of benzene rings is 2. The van der Waals surface area contributed by atoms with Crippen molar-refractivity contribution in [3.05, 3.63) is 65.2 Å². The minimum atomic E-state index is -0.424. The summed E-state index contributed by atoms with van der Waals surface area (Å²) in [5.41, 5.74) is 1.43. The van der Waals surface area contributed by atoms with Crippen molar-refractivity contribution < 1.29 is 47.3 Å². The molecule has 0 saturated carbocycles. The Morgan fingerprint density at radius 1 is 0.974 bits per heavy atom. The molecular weight excluding hydrogens is 523 g/mol. The normalized spacial score (nSPS) is 15.5. The third-order valence-electron chi connectivity index (χ3n) is 6.98. The molecule has 8 nitrogen and oxygen atoms in total. The van der Waals surface area contributed by atoms with E-state index in [1.165, 1.54) is 7.11 Å². The zero-order chi connectivity index (χ0) is 27.3. The van der Waals surface area contributed by atoms with Gasteiger partial charge in [0.25, 0.3) is 11.8 Å². The molecular formula is C29H38N2O6V. The number of carbonyl (C=O) groups excluding carboxylic acids is 3. The van der Waals surface area contributed by atoms with Crippen molar-refractivity contribution >= 4 is 17.8 Å². The van der Waals surface area contributed by atoms with E-state index in [0.29, 0.717) is 24.2 Å². The van der Waals surface area contributed by atoms with Gasteiger partial charge in [0.2, 0.25) is 0 Å². The Balaban J connectivity index is 0.00000507. The quantitative estimate of drug-likeness (QED) is 0.281. The van der Waals surface area contributed by atoms with Crippen LogP contribution in [0, 0.1) is 11.3 Å². The number of methoxy groups -OCH3 is 1.